The molecule has 0 bridgehead atoms. The summed E-state index contributed by atoms with van der Waals surface area (Å²) < 4.78 is 0. The van der Waals surface area contributed by atoms with Crippen molar-refractivity contribution in [3.63, 3.8) is 0 Å². The monoisotopic (exact) mass is 320 g/mol. The predicted molar refractivity (Wildman–Crippen MR) is 93.4 cm³/mol. The van der Waals surface area contributed by atoms with E-state index in [1.54, 1.807) is 4.88 Å². The van der Waals surface area contributed by atoms with Crippen molar-refractivity contribution < 1.29 is 0 Å². The minimum absolute atomic E-state index is 0.363. The van der Waals surface area contributed by atoms with Crippen molar-refractivity contribution in [2.75, 3.05) is 5.75 Å². The van der Waals surface area contributed by atoms with Crippen LogP contribution in [0.3, 0.4) is 0 Å². The molecule has 1 atom stereocenters. The van der Waals surface area contributed by atoms with Crippen molar-refractivity contribution in [2.24, 2.45) is 10.9 Å². The second kappa shape index (κ2) is 5.62. The Labute approximate surface area is 135 Å². The van der Waals surface area contributed by atoms with Crippen LogP contribution in [0.4, 0.5) is 0 Å². The van der Waals surface area contributed by atoms with Gasteiger partial charge < -0.3 is 5.32 Å². The Kier molecular flexibility index (Phi) is 3.78. The van der Waals surface area contributed by atoms with Gasteiger partial charge >= 0.3 is 0 Å². The van der Waals surface area contributed by atoms with E-state index in [9.17, 15) is 0 Å². The lowest BCUT2D eigenvalue weighted by molar-refractivity contribution is 0.250. The largest absolute Gasteiger partial charge is 0.359 e. The van der Waals surface area contributed by atoms with Crippen LogP contribution in [0, 0.1) is 5.92 Å². The molecule has 4 rings (SSSR count). The average molecular weight is 321 g/mol. The third-order valence-corrected chi connectivity index (χ3v) is 7.56. The fraction of sp³-hybridized carbons (Fsp3) is 0.706. The lowest BCUT2D eigenvalue weighted by Crippen LogP contribution is -2.46. The molecule has 1 aromatic heterocycles. The molecule has 1 N–H and O–H groups in total. The van der Waals surface area contributed by atoms with Crippen molar-refractivity contribution in [3.05, 3.63) is 21.9 Å². The number of hydrogen-bond donors (Lipinski definition) is 1. The summed E-state index contributed by atoms with van der Waals surface area (Å²) in [6, 6.07) is 2.71. The maximum atomic E-state index is 5.09. The Hall–Kier alpha value is -0.480. The first-order valence-electron chi connectivity index (χ1n) is 8.29. The predicted octanol–water partition coefficient (Wildman–Crippen LogP) is 4.77. The zero-order valence-electron chi connectivity index (χ0n) is 12.7. The number of nitrogens with one attached hydrogen (secondary N) is 1. The molecule has 0 radical (unpaired) electrons. The van der Waals surface area contributed by atoms with Crippen LogP contribution in [0.5, 0.6) is 0 Å². The van der Waals surface area contributed by atoms with Crippen LogP contribution in [-0.2, 0) is 6.42 Å². The summed E-state index contributed by atoms with van der Waals surface area (Å²) in [7, 11) is 0. The third-order valence-electron chi connectivity index (χ3n) is 5.38. The number of fused-ring (bicyclic) bond motifs is 1. The summed E-state index contributed by atoms with van der Waals surface area (Å²) >= 11 is 3.87. The zero-order valence-corrected chi connectivity index (χ0v) is 14.4. The van der Waals surface area contributed by atoms with Gasteiger partial charge in [0.1, 0.15) is 0 Å². The normalized spacial score (nSPS) is 37.7. The van der Waals surface area contributed by atoms with Crippen LogP contribution in [0.1, 0.15) is 61.9 Å². The van der Waals surface area contributed by atoms with Crippen molar-refractivity contribution in [1.82, 2.24) is 5.32 Å². The van der Waals surface area contributed by atoms with Crippen molar-refractivity contribution in [3.8, 4) is 0 Å². The molecule has 2 heterocycles. The molecule has 2 aliphatic carbocycles. The van der Waals surface area contributed by atoms with Gasteiger partial charge in [0.15, 0.2) is 5.17 Å². The van der Waals surface area contributed by atoms with E-state index in [1.165, 1.54) is 61.4 Å². The van der Waals surface area contributed by atoms with Gasteiger partial charge in [-0.1, -0.05) is 18.7 Å². The van der Waals surface area contributed by atoms with E-state index in [0.717, 1.165) is 5.92 Å². The highest BCUT2D eigenvalue weighted by atomic mass is 32.2. The quantitative estimate of drug-likeness (QED) is 0.806. The van der Waals surface area contributed by atoms with Crippen LogP contribution in [-0.4, -0.2) is 16.5 Å². The SMILES string of the molecule is CC1CCC2(CC1)CSC(=NC1CCCc3sccc31)N2. The summed E-state index contributed by atoms with van der Waals surface area (Å²) in [5.41, 5.74) is 1.86. The lowest BCUT2D eigenvalue weighted by Gasteiger charge is -2.35. The maximum absolute atomic E-state index is 5.09. The van der Waals surface area contributed by atoms with Crippen molar-refractivity contribution >= 4 is 28.3 Å². The molecule has 0 aromatic carbocycles. The van der Waals surface area contributed by atoms with Gasteiger partial charge in [-0.3, -0.25) is 4.99 Å². The molecule has 4 heteroatoms. The van der Waals surface area contributed by atoms with E-state index in [2.05, 4.69) is 23.7 Å². The highest BCUT2D eigenvalue weighted by molar-refractivity contribution is 8.14. The van der Waals surface area contributed by atoms with Gasteiger partial charge in [0.2, 0.25) is 0 Å². The molecule has 1 aliphatic heterocycles. The summed E-state index contributed by atoms with van der Waals surface area (Å²) in [6.07, 6.45) is 9.18. The smallest absolute Gasteiger partial charge is 0.157 e. The summed E-state index contributed by atoms with van der Waals surface area (Å²) in [5, 5.41) is 7.27. The van der Waals surface area contributed by atoms with Crippen molar-refractivity contribution in [1.29, 1.82) is 0 Å². The van der Waals surface area contributed by atoms with E-state index in [1.807, 2.05) is 23.1 Å². The van der Waals surface area contributed by atoms with Gasteiger partial charge in [-0.15, -0.1) is 11.3 Å². The highest BCUT2D eigenvalue weighted by Gasteiger charge is 2.40. The molecule has 1 saturated carbocycles. The second-order valence-corrected chi connectivity index (χ2v) is 8.98. The Bertz CT molecular complexity index is 541. The summed E-state index contributed by atoms with van der Waals surface area (Å²) in [6.45, 7) is 2.39. The molecule has 21 heavy (non-hydrogen) atoms. The molecule has 1 spiro atoms. The number of rotatable bonds is 1. The molecule has 3 aliphatic rings. The molecule has 114 valence electrons. The first-order chi connectivity index (χ1) is 10.2. The van der Waals surface area contributed by atoms with Crippen molar-refractivity contribution in [2.45, 2.75) is 63.5 Å². The number of thioether (sulfide) groups is 1. The zero-order chi connectivity index (χ0) is 14.3. The van der Waals surface area contributed by atoms with Gasteiger partial charge in [-0.25, -0.2) is 0 Å². The van der Waals surface area contributed by atoms with Gasteiger partial charge in [0.25, 0.3) is 0 Å². The molecule has 0 amide bonds. The van der Waals surface area contributed by atoms with Crippen LogP contribution in [0.25, 0.3) is 0 Å². The fourth-order valence-electron chi connectivity index (χ4n) is 3.90. The molecule has 2 nitrogen and oxygen atoms in total. The average Bonchev–Trinajstić information content (AvgIpc) is 3.11. The number of nitrogens with zero attached hydrogens (tertiary/aromatic N) is 1. The molecular formula is C17H24N2S2. The third kappa shape index (κ3) is 2.77. The molecule has 1 saturated heterocycles. The van der Waals surface area contributed by atoms with Gasteiger partial charge in [0.05, 0.1) is 6.04 Å². The maximum Gasteiger partial charge on any atom is 0.157 e. The minimum Gasteiger partial charge on any atom is -0.359 e. The number of amidine groups is 1. The van der Waals surface area contributed by atoms with Crippen LogP contribution < -0.4 is 5.32 Å². The fourth-order valence-corrected chi connectivity index (χ4v) is 6.14. The lowest BCUT2D eigenvalue weighted by atomic mass is 9.78. The molecular weight excluding hydrogens is 296 g/mol. The van der Waals surface area contributed by atoms with E-state index in [-0.39, 0.29) is 0 Å². The van der Waals surface area contributed by atoms with Crippen LogP contribution >= 0.6 is 23.1 Å². The number of thiophene rings is 1. The van der Waals surface area contributed by atoms with E-state index < -0.39 is 0 Å². The van der Waals surface area contributed by atoms with Gasteiger partial charge in [-0.2, -0.15) is 0 Å². The standard InChI is InChI=1S/C17H24N2S2/c1-12-5-8-17(9-6-12)11-21-16(19-17)18-14-3-2-4-15-13(14)7-10-20-15/h7,10,12,14H,2-6,8-9,11H2,1H3,(H,18,19). The van der Waals surface area contributed by atoms with Gasteiger partial charge in [0, 0.05) is 16.2 Å². The van der Waals surface area contributed by atoms with E-state index >= 15 is 0 Å². The summed E-state index contributed by atoms with van der Waals surface area (Å²) in [5.74, 6) is 2.14. The number of aryl methyl sites for hydroxylation is 1. The second-order valence-electron chi connectivity index (χ2n) is 7.02. The van der Waals surface area contributed by atoms with Crippen LogP contribution in [0.15, 0.2) is 16.4 Å². The topological polar surface area (TPSA) is 24.4 Å². The van der Waals surface area contributed by atoms with Crippen LogP contribution in [0.2, 0.25) is 0 Å². The summed E-state index contributed by atoms with van der Waals surface area (Å²) in [4.78, 5) is 6.66. The first-order valence-corrected chi connectivity index (χ1v) is 10.2. The number of aliphatic imine (C=N–C) groups is 1. The van der Waals surface area contributed by atoms with E-state index in [4.69, 9.17) is 4.99 Å². The number of hydrogen-bond acceptors (Lipinski definition) is 3. The molecule has 1 unspecified atom stereocenters. The van der Waals surface area contributed by atoms with E-state index in [0.29, 0.717) is 11.6 Å². The first kappa shape index (κ1) is 14.1. The molecule has 1 aromatic rings. The minimum atomic E-state index is 0.363. The highest BCUT2D eigenvalue weighted by Crippen LogP contribution is 2.40. The Balaban J connectivity index is 1.49. The Morgan fingerprint density at radius 1 is 1.29 bits per heavy atom. The Morgan fingerprint density at radius 3 is 3.00 bits per heavy atom. The molecule has 2 fully saturated rings. The van der Waals surface area contributed by atoms with Gasteiger partial charge in [-0.05, 0) is 67.9 Å². The Morgan fingerprint density at radius 2 is 2.14 bits per heavy atom.